The van der Waals surface area contributed by atoms with Gasteiger partial charge in [0.2, 0.25) is 11.8 Å². The van der Waals surface area contributed by atoms with Crippen LogP contribution in [0.1, 0.15) is 42.9 Å². The van der Waals surface area contributed by atoms with Crippen LogP contribution in [0.25, 0.3) is 0 Å². The Morgan fingerprint density at radius 2 is 1.91 bits per heavy atom. The maximum absolute atomic E-state index is 12.8. The van der Waals surface area contributed by atoms with Crippen LogP contribution in [0.5, 0.6) is 5.75 Å². The lowest BCUT2D eigenvalue weighted by Gasteiger charge is -2.37. The Bertz CT molecular complexity index is 1010. The van der Waals surface area contributed by atoms with Crippen molar-refractivity contribution in [3.05, 3.63) is 59.7 Å². The summed E-state index contributed by atoms with van der Waals surface area (Å²) in [5, 5.41) is 15.9. The molecule has 0 unspecified atom stereocenters. The average Bonchev–Trinajstić information content (AvgIpc) is 3.16. The summed E-state index contributed by atoms with van der Waals surface area (Å²) < 4.78 is 12.2. The first-order chi connectivity index (χ1) is 16.3. The van der Waals surface area contributed by atoms with Gasteiger partial charge >= 0.3 is 0 Å². The van der Waals surface area contributed by atoms with E-state index < -0.39 is 6.10 Å². The first-order valence-corrected chi connectivity index (χ1v) is 11.7. The van der Waals surface area contributed by atoms with E-state index in [4.69, 9.17) is 9.47 Å². The lowest BCUT2D eigenvalue weighted by atomic mass is 9.84. The maximum Gasteiger partial charge on any atom is 0.238 e. The zero-order valence-electron chi connectivity index (χ0n) is 19.9. The highest BCUT2D eigenvalue weighted by atomic mass is 16.6. The van der Waals surface area contributed by atoms with Crippen LogP contribution in [0.15, 0.2) is 48.5 Å². The largest absolute Gasteiger partial charge is 0.487 e. The number of carbonyl (C=O) groups is 2. The molecule has 8 nitrogen and oxygen atoms in total. The summed E-state index contributed by atoms with van der Waals surface area (Å²) in [7, 11) is 3.68. The lowest BCUT2D eigenvalue weighted by Crippen LogP contribution is -2.47. The van der Waals surface area contributed by atoms with Crippen molar-refractivity contribution in [3.63, 3.8) is 0 Å². The van der Waals surface area contributed by atoms with E-state index in [2.05, 4.69) is 10.6 Å². The average molecular weight is 468 g/mol. The van der Waals surface area contributed by atoms with Crippen molar-refractivity contribution in [2.45, 2.75) is 50.0 Å². The van der Waals surface area contributed by atoms with E-state index >= 15 is 0 Å². The number of nitrogens with zero attached hydrogens (tertiary/aromatic N) is 1. The number of benzene rings is 2. The first-order valence-electron chi connectivity index (χ1n) is 11.7. The second kappa shape index (κ2) is 10.5. The van der Waals surface area contributed by atoms with Gasteiger partial charge in [-0.25, -0.2) is 0 Å². The van der Waals surface area contributed by atoms with Crippen molar-refractivity contribution in [3.8, 4) is 5.75 Å². The molecule has 4 rings (SSSR count). The Labute approximate surface area is 200 Å². The molecular formula is C26H33N3O5. The molecule has 5 atom stereocenters. The molecule has 3 N–H and O–H groups in total. The summed E-state index contributed by atoms with van der Waals surface area (Å²) in [5.41, 5.74) is 2.71. The third kappa shape index (κ3) is 5.58. The van der Waals surface area contributed by atoms with Gasteiger partial charge in [-0.1, -0.05) is 30.3 Å². The van der Waals surface area contributed by atoms with Crippen LogP contribution in [0, 0.1) is 0 Å². The second-order valence-corrected chi connectivity index (χ2v) is 9.35. The fourth-order valence-electron chi connectivity index (χ4n) is 4.79. The molecule has 0 bridgehead atoms. The minimum Gasteiger partial charge on any atom is -0.487 e. The maximum atomic E-state index is 12.8. The highest BCUT2D eigenvalue weighted by Gasteiger charge is 2.46. The molecule has 0 spiro atoms. The molecule has 1 fully saturated rings. The van der Waals surface area contributed by atoms with E-state index in [0.29, 0.717) is 18.7 Å². The number of hydrogen-bond acceptors (Lipinski definition) is 6. The van der Waals surface area contributed by atoms with E-state index in [-0.39, 0.29) is 49.0 Å². The molecule has 2 aromatic rings. The zero-order chi connectivity index (χ0) is 24.2. The van der Waals surface area contributed by atoms with Crippen molar-refractivity contribution in [2.24, 2.45) is 0 Å². The molecule has 2 aliphatic heterocycles. The van der Waals surface area contributed by atoms with Crippen molar-refractivity contribution < 1.29 is 24.2 Å². The van der Waals surface area contributed by atoms with Gasteiger partial charge in [-0.15, -0.1) is 0 Å². The number of amides is 2. The molecule has 0 aromatic heterocycles. The number of carbonyl (C=O) groups excluding carboxylic acids is 2. The minimum atomic E-state index is -0.526. The molecule has 182 valence electrons. The minimum absolute atomic E-state index is 0.0315. The van der Waals surface area contributed by atoms with Crippen LogP contribution >= 0.6 is 0 Å². The molecule has 1 saturated heterocycles. The van der Waals surface area contributed by atoms with Crippen molar-refractivity contribution in [1.82, 2.24) is 10.2 Å². The summed E-state index contributed by atoms with van der Waals surface area (Å²) >= 11 is 0. The van der Waals surface area contributed by atoms with Crippen molar-refractivity contribution in [2.75, 3.05) is 32.6 Å². The topological polar surface area (TPSA) is 100 Å². The van der Waals surface area contributed by atoms with E-state index in [0.717, 1.165) is 16.9 Å². The monoisotopic (exact) mass is 467 g/mol. The quantitative estimate of drug-likeness (QED) is 0.552. The highest BCUT2D eigenvalue weighted by Crippen LogP contribution is 2.47. The predicted octanol–water partition coefficient (Wildman–Crippen LogP) is 2.45. The molecule has 0 radical (unpaired) electrons. The Balaban J connectivity index is 1.43. The van der Waals surface area contributed by atoms with Gasteiger partial charge in [-0.05, 0) is 51.2 Å². The van der Waals surface area contributed by atoms with Gasteiger partial charge in [0.05, 0.1) is 31.7 Å². The van der Waals surface area contributed by atoms with Gasteiger partial charge in [0.25, 0.3) is 0 Å². The Morgan fingerprint density at radius 3 is 2.62 bits per heavy atom. The number of anilines is 1. The molecule has 8 heteroatoms. The molecule has 34 heavy (non-hydrogen) atoms. The van der Waals surface area contributed by atoms with Crippen LogP contribution in [0.2, 0.25) is 0 Å². The van der Waals surface area contributed by atoms with E-state index in [1.807, 2.05) is 69.6 Å². The normalized spacial score (nSPS) is 24.0. The van der Waals surface area contributed by atoms with Crippen LogP contribution in [0.4, 0.5) is 5.69 Å². The van der Waals surface area contributed by atoms with Crippen LogP contribution in [-0.4, -0.2) is 67.4 Å². The van der Waals surface area contributed by atoms with Crippen LogP contribution in [0.3, 0.4) is 0 Å². The van der Waals surface area contributed by atoms with E-state index in [1.165, 1.54) is 0 Å². The summed E-state index contributed by atoms with van der Waals surface area (Å²) in [4.78, 5) is 26.7. The number of aliphatic hydroxyl groups is 1. The SMILES string of the molecule is C[C@H](NC(=O)C[C@@H]1C[C@@H]2c3cc(NC(=O)CN(C)C)ccc3O[C@@H]2[C@H](CO)O1)c1ccccc1. The number of rotatable bonds is 8. The fourth-order valence-corrected chi connectivity index (χ4v) is 4.79. The van der Waals surface area contributed by atoms with E-state index in [1.54, 1.807) is 4.90 Å². The molecule has 0 aliphatic carbocycles. The number of hydrogen-bond donors (Lipinski definition) is 3. The van der Waals surface area contributed by atoms with Crippen molar-refractivity contribution >= 4 is 17.5 Å². The molecule has 2 aliphatic rings. The number of nitrogens with one attached hydrogen (secondary N) is 2. The standard InChI is InChI=1S/C26H33N3O5/c1-16(17-7-5-4-6-8-17)27-24(31)13-19-12-21-20-11-18(28-25(32)14-29(2)3)9-10-22(20)34-26(21)23(15-30)33-19/h4-11,16,19,21,23,26,30H,12-15H2,1-3H3,(H,27,31)(H,28,32)/t16-,19-,21+,23-,26-/m0/s1. The number of fused-ring (bicyclic) bond motifs is 3. The first kappa shape index (κ1) is 24.2. The van der Waals surface area contributed by atoms with Gasteiger partial charge in [0, 0.05) is 17.2 Å². The third-order valence-corrected chi connectivity index (χ3v) is 6.33. The Hall–Kier alpha value is -2.94. The van der Waals surface area contributed by atoms with Crippen molar-refractivity contribution in [1.29, 1.82) is 0 Å². The third-order valence-electron chi connectivity index (χ3n) is 6.33. The van der Waals surface area contributed by atoms with Gasteiger partial charge in [-0.2, -0.15) is 0 Å². The Kier molecular flexibility index (Phi) is 7.50. The summed E-state index contributed by atoms with van der Waals surface area (Å²) in [6, 6.07) is 15.3. The van der Waals surface area contributed by atoms with Gasteiger partial charge in [-0.3, -0.25) is 9.59 Å². The van der Waals surface area contributed by atoms with Crippen LogP contribution < -0.4 is 15.4 Å². The molecule has 2 heterocycles. The van der Waals surface area contributed by atoms with Crippen LogP contribution in [-0.2, 0) is 14.3 Å². The molecule has 0 saturated carbocycles. The predicted molar refractivity (Wildman–Crippen MR) is 129 cm³/mol. The van der Waals surface area contributed by atoms with Gasteiger partial charge < -0.3 is 30.1 Å². The number of likely N-dealkylation sites (N-methyl/N-ethyl adjacent to an activating group) is 1. The fraction of sp³-hybridized carbons (Fsp3) is 0.462. The Morgan fingerprint density at radius 1 is 1.15 bits per heavy atom. The van der Waals surface area contributed by atoms with Gasteiger partial charge in [0.1, 0.15) is 18.0 Å². The van der Waals surface area contributed by atoms with Gasteiger partial charge in [0.15, 0.2) is 0 Å². The number of aliphatic hydroxyl groups excluding tert-OH is 1. The molecule has 2 amide bonds. The lowest BCUT2D eigenvalue weighted by molar-refractivity contribution is -0.142. The molecule has 2 aromatic carbocycles. The zero-order valence-corrected chi connectivity index (χ0v) is 19.9. The molecular weight excluding hydrogens is 434 g/mol. The smallest absolute Gasteiger partial charge is 0.238 e. The highest BCUT2D eigenvalue weighted by molar-refractivity contribution is 5.92. The summed E-state index contributed by atoms with van der Waals surface area (Å²) in [5.74, 6) is 0.504. The summed E-state index contributed by atoms with van der Waals surface area (Å²) in [6.07, 6.45) is -0.400. The van der Waals surface area contributed by atoms with E-state index in [9.17, 15) is 14.7 Å². The summed E-state index contributed by atoms with van der Waals surface area (Å²) in [6.45, 7) is 2.05. The second-order valence-electron chi connectivity index (χ2n) is 9.35. The number of ether oxygens (including phenoxy) is 2.